The molecule has 38 heavy (non-hydrogen) atoms. The number of carbonyl (C=O) groups is 2. The SMILES string of the molecule is COCCCN(CC(=O)N(CCc1ccc(OC)c(OC)c1)Cc1ccco1)C(=O)Nc1cccc(C)c1. The van der Waals surface area contributed by atoms with Crippen molar-refractivity contribution in [2.75, 3.05) is 52.9 Å². The van der Waals surface area contributed by atoms with Crippen molar-refractivity contribution in [3.05, 3.63) is 77.7 Å². The number of furan rings is 1. The van der Waals surface area contributed by atoms with E-state index in [2.05, 4.69) is 5.32 Å². The molecule has 0 unspecified atom stereocenters. The molecule has 204 valence electrons. The highest BCUT2D eigenvalue weighted by molar-refractivity contribution is 5.92. The number of urea groups is 1. The highest BCUT2D eigenvalue weighted by atomic mass is 16.5. The molecule has 0 spiro atoms. The maximum absolute atomic E-state index is 13.6. The lowest BCUT2D eigenvalue weighted by Crippen LogP contribution is -2.45. The molecule has 0 saturated carbocycles. The van der Waals surface area contributed by atoms with E-state index in [1.54, 1.807) is 38.6 Å². The molecule has 1 aromatic heterocycles. The number of benzene rings is 2. The normalized spacial score (nSPS) is 10.6. The largest absolute Gasteiger partial charge is 0.493 e. The van der Waals surface area contributed by atoms with E-state index in [1.807, 2.05) is 55.5 Å². The number of hydrogen-bond donors (Lipinski definition) is 1. The molecule has 0 aliphatic rings. The Morgan fingerprint density at radius 3 is 2.42 bits per heavy atom. The highest BCUT2D eigenvalue weighted by Gasteiger charge is 2.22. The van der Waals surface area contributed by atoms with E-state index in [1.165, 1.54) is 4.90 Å². The van der Waals surface area contributed by atoms with Gasteiger partial charge in [-0.1, -0.05) is 18.2 Å². The molecule has 0 fully saturated rings. The van der Waals surface area contributed by atoms with Gasteiger partial charge < -0.3 is 33.7 Å². The Morgan fingerprint density at radius 2 is 1.74 bits per heavy atom. The third-order valence-electron chi connectivity index (χ3n) is 6.06. The minimum Gasteiger partial charge on any atom is -0.493 e. The Hall–Kier alpha value is -3.98. The quantitative estimate of drug-likeness (QED) is 0.307. The summed E-state index contributed by atoms with van der Waals surface area (Å²) in [6.07, 6.45) is 2.78. The van der Waals surface area contributed by atoms with Gasteiger partial charge in [-0.05, 0) is 67.3 Å². The summed E-state index contributed by atoms with van der Waals surface area (Å²) in [5.41, 5.74) is 2.71. The third kappa shape index (κ3) is 8.55. The molecule has 0 aliphatic carbocycles. The van der Waals surface area contributed by atoms with E-state index >= 15 is 0 Å². The first kappa shape index (κ1) is 28.6. The van der Waals surface area contributed by atoms with Crippen LogP contribution in [0, 0.1) is 6.92 Å². The van der Waals surface area contributed by atoms with E-state index in [-0.39, 0.29) is 18.5 Å². The average molecular weight is 524 g/mol. The first-order chi connectivity index (χ1) is 18.4. The lowest BCUT2D eigenvalue weighted by Gasteiger charge is -2.27. The first-order valence-electron chi connectivity index (χ1n) is 12.6. The van der Waals surface area contributed by atoms with Crippen LogP contribution in [0.2, 0.25) is 0 Å². The zero-order valence-corrected chi connectivity index (χ0v) is 22.6. The molecule has 0 saturated heterocycles. The molecular formula is C29H37N3O6. The summed E-state index contributed by atoms with van der Waals surface area (Å²) in [6, 6.07) is 16.5. The lowest BCUT2D eigenvalue weighted by molar-refractivity contribution is -0.132. The van der Waals surface area contributed by atoms with Crippen LogP contribution in [-0.2, 0) is 22.5 Å². The molecule has 2 aromatic carbocycles. The average Bonchev–Trinajstić information content (AvgIpc) is 3.43. The summed E-state index contributed by atoms with van der Waals surface area (Å²) in [4.78, 5) is 29.9. The van der Waals surface area contributed by atoms with Crippen LogP contribution in [0.4, 0.5) is 10.5 Å². The molecular weight excluding hydrogens is 486 g/mol. The molecule has 1 N–H and O–H groups in total. The van der Waals surface area contributed by atoms with Gasteiger partial charge in [0.25, 0.3) is 0 Å². The Kier molecular flexibility index (Phi) is 11.0. The van der Waals surface area contributed by atoms with Crippen LogP contribution < -0.4 is 14.8 Å². The number of methoxy groups -OCH3 is 3. The van der Waals surface area contributed by atoms with Crippen LogP contribution in [0.1, 0.15) is 23.3 Å². The van der Waals surface area contributed by atoms with Gasteiger partial charge in [-0.2, -0.15) is 0 Å². The fraction of sp³-hybridized carbons (Fsp3) is 0.379. The van der Waals surface area contributed by atoms with Crippen molar-refractivity contribution >= 4 is 17.6 Å². The fourth-order valence-electron chi connectivity index (χ4n) is 4.02. The van der Waals surface area contributed by atoms with Gasteiger partial charge in [-0.3, -0.25) is 4.79 Å². The van der Waals surface area contributed by atoms with Crippen molar-refractivity contribution in [2.24, 2.45) is 0 Å². The molecule has 9 heteroatoms. The van der Waals surface area contributed by atoms with E-state index < -0.39 is 0 Å². The minimum absolute atomic E-state index is 0.0754. The number of rotatable bonds is 14. The van der Waals surface area contributed by atoms with Gasteiger partial charge in [0.05, 0.1) is 27.0 Å². The summed E-state index contributed by atoms with van der Waals surface area (Å²) in [5.74, 6) is 1.76. The van der Waals surface area contributed by atoms with Gasteiger partial charge in [0.2, 0.25) is 5.91 Å². The molecule has 9 nitrogen and oxygen atoms in total. The van der Waals surface area contributed by atoms with Crippen LogP contribution in [0.3, 0.4) is 0 Å². The second-order valence-corrected chi connectivity index (χ2v) is 8.90. The minimum atomic E-state index is -0.335. The third-order valence-corrected chi connectivity index (χ3v) is 6.06. The Bertz CT molecular complexity index is 1160. The van der Waals surface area contributed by atoms with Crippen molar-refractivity contribution in [1.82, 2.24) is 9.80 Å². The maximum Gasteiger partial charge on any atom is 0.322 e. The van der Waals surface area contributed by atoms with Crippen LogP contribution >= 0.6 is 0 Å². The fourth-order valence-corrected chi connectivity index (χ4v) is 4.02. The summed E-state index contributed by atoms with van der Waals surface area (Å²) in [7, 11) is 4.80. The van der Waals surface area contributed by atoms with Gasteiger partial charge in [-0.25, -0.2) is 4.79 Å². The molecule has 0 bridgehead atoms. The van der Waals surface area contributed by atoms with Gasteiger partial charge in [0, 0.05) is 32.5 Å². The van der Waals surface area contributed by atoms with Gasteiger partial charge >= 0.3 is 6.03 Å². The molecule has 1 heterocycles. The predicted molar refractivity (Wildman–Crippen MR) is 146 cm³/mol. The number of ether oxygens (including phenoxy) is 3. The Morgan fingerprint density at radius 1 is 0.921 bits per heavy atom. The molecule has 3 rings (SSSR count). The molecule has 0 aliphatic heterocycles. The number of nitrogens with zero attached hydrogens (tertiary/aromatic N) is 2. The summed E-state index contributed by atoms with van der Waals surface area (Å²) >= 11 is 0. The number of carbonyl (C=O) groups excluding carboxylic acids is 2. The molecule has 3 amide bonds. The number of anilines is 1. The van der Waals surface area contributed by atoms with Gasteiger partial charge in [0.15, 0.2) is 11.5 Å². The van der Waals surface area contributed by atoms with Crippen LogP contribution in [0.15, 0.2) is 65.3 Å². The smallest absolute Gasteiger partial charge is 0.322 e. The van der Waals surface area contributed by atoms with Crippen LogP contribution in [0.5, 0.6) is 11.5 Å². The summed E-state index contributed by atoms with van der Waals surface area (Å²) in [6.45, 7) is 3.47. The topological polar surface area (TPSA) is 93.5 Å². The zero-order valence-electron chi connectivity index (χ0n) is 22.6. The van der Waals surface area contributed by atoms with Crippen molar-refractivity contribution in [3.8, 4) is 11.5 Å². The number of amides is 3. The van der Waals surface area contributed by atoms with E-state index in [0.717, 1.165) is 11.1 Å². The molecule has 0 radical (unpaired) electrons. The monoisotopic (exact) mass is 523 g/mol. The number of hydrogen-bond acceptors (Lipinski definition) is 6. The molecule has 3 aromatic rings. The van der Waals surface area contributed by atoms with Gasteiger partial charge in [0.1, 0.15) is 12.3 Å². The molecule has 0 atom stereocenters. The lowest BCUT2D eigenvalue weighted by atomic mass is 10.1. The standard InChI is InChI=1S/C29H37N3O6/c1-22-8-5-9-24(18-22)30-29(34)32(14-7-16-35-2)21-28(33)31(20-25-10-6-17-38-25)15-13-23-11-12-26(36-3)27(19-23)37-4/h5-6,8-12,17-19H,7,13-16,20-21H2,1-4H3,(H,30,34). The second kappa shape index (κ2) is 14.7. The van der Waals surface area contributed by atoms with Crippen LogP contribution in [0.25, 0.3) is 0 Å². The van der Waals surface area contributed by atoms with Crippen molar-refractivity contribution in [1.29, 1.82) is 0 Å². The summed E-state index contributed by atoms with van der Waals surface area (Å²) < 4.78 is 21.4. The number of nitrogens with one attached hydrogen (secondary N) is 1. The predicted octanol–water partition coefficient (Wildman–Crippen LogP) is 4.75. The van der Waals surface area contributed by atoms with E-state index in [0.29, 0.717) is 62.0 Å². The second-order valence-electron chi connectivity index (χ2n) is 8.90. The highest BCUT2D eigenvalue weighted by Crippen LogP contribution is 2.27. The Balaban J connectivity index is 1.74. The van der Waals surface area contributed by atoms with E-state index in [9.17, 15) is 9.59 Å². The van der Waals surface area contributed by atoms with E-state index in [4.69, 9.17) is 18.6 Å². The first-order valence-corrected chi connectivity index (χ1v) is 12.6. The van der Waals surface area contributed by atoms with Gasteiger partial charge in [-0.15, -0.1) is 0 Å². The zero-order chi connectivity index (χ0) is 27.3. The van der Waals surface area contributed by atoms with Crippen molar-refractivity contribution in [3.63, 3.8) is 0 Å². The maximum atomic E-state index is 13.6. The van der Waals surface area contributed by atoms with Crippen molar-refractivity contribution in [2.45, 2.75) is 26.3 Å². The summed E-state index contributed by atoms with van der Waals surface area (Å²) in [5, 5.41) is 2.91. The van der Waals surface area contributed by atoms with Crippen molar-refractivity contribution < 1.29 is 28.2 Å². The van der Waals surface area contributed by atoms with Crippen LogP contribution in [-0.4, -0.2) is 69.3 Å². The number of aryl methyl sites for hydroxylation is 1. The Labute approximate surface area is 224 Å².